The van der Waals surface area contributed by atoms with Gasteiger partial charge in [-0.25, -0.2) is 15.0 Å². The molecule has 0 aliphatic carbocycles. The van der Waals surface area contributed by atoms with Crippen molar-refractivity contribution in [3.05, 3.63) is 70.7 Å². The van der Waals surface area contributed by atoms with E-state index in [1.807, 2.05) is 67.7 Å². The van der Waals surface area contributed by atoms with Gasteiger partial charge in [-0.2, -0.15) is 0 Å². The summed E-state index contributed by atoms with van der Waals surface area (Å²) in [5, 5.41) is 5.55. The van der Waals surface area contributed by atoms with E-state index in [0.717, 1.165) is 33.1 Å². The van der Waals surface area contributed by atoms with Gasteiger partial charge in [-0.3, -0.25) is 0 Å². The van der Waals surface area contributed by atoms with Crippen LogP contribution >= 0.6 is 11.3 Å². The lowest BCUT2D eigenvalue weighted by Crippen LogP contribution is -2.03. The van der Waals surface area contributed by atoms with Crippen molar-refractivity contribution in [3.63, 3.8) is 0 Å². The van der Waals surface area contributed by atoms with Crippen LogP contribution in [-0.2, 0) is 6.54 Å². The van der Waals surface area contributed by atoms with Gasteiger partial charge in [0.25, 0.3) is 0 Å². The Bertz CT molecular complexity index is 979. The third-order valence-electron chi connectivity index (χ3n) is 3.73. The lowest BCUT2D eigenvalue weighted by Gasteiger charge is -2.10. The molecule has 118 valence electrons. The van der Waals surface area contributed by atoms with Gasteiger partial charge in [0, 0.05) is 22.0 Å². The molecule has 2 aromatic heterocycles. The second kappa shape index (κ2) is 6.37. The van der Waals surface area contributed by atoms with E-state index in [1.165, 1.54) is 4.88 Å². The quantitative estimate of drug-likeness (QED) is 0.590. The number of hydrogen-bond acceptors (Lipinski definition) is 5. The minimum Gasteiger partial charge on any atom is -0.364 e. The molecule has 1 N–H and O–H groups in total. The standard InChI is InChI=1S/C19H16N4S/c1-13-20-11-15(24-13)12-21-19-16-9-5-6-10-17(16)22-18(23-19)14-7-3-2-4-8-14/h2-11H,12H2,1H3,(H,21,22,23). The number of aromatic nitrogens is 3. The van der Waals surface area contributed by atoms with E-state index in [1.54, 1.807) is 11.3 Å². The zero-order chi connectivity index (χ0) is 16.4. The minimum absolute atomic E-state index is 0.709. The Morgan fingerprint density at radius 1 is 0.958 bits per heavy atom. The van der Waals surface area contributed by atoms with Crippen LogP contribution in [-0.4, -0.2) is 15.0 Å². The summed E-state index contributed by atoms with van der Waals surface area (Å²) >= 11 is 1.70. The molecule has 4 nitrogen and oxygen atoms in total. The van der Waals surface area contributed by atoms with Crippen molar-refractivity contribution in [2.24, 2.45) is 0 Å². The maximum Gasteiger partial charge on any atom is 0.162 e. The number of fused-ring (bicyclic) bond motifs is 1. The topological polar surface area (TPSA) is 50.7 Å². The van der Waals surface area contributed by atoms with Crippen LogP contribution in [0, 0.1) is 6.92 Å². The number of nitrogens with zero attached hydrogens (tertiary/aromatic N) is 3. The van der Waals surface area contributed by atoms with Gasteiger partial charge in [-0.1, -0.05) is 42.5 Å². The molecular formula is C19H16N4S. The predicted octanol–water partition coefficient (Wildman–Crippen LogP) is 4.67. The number of nitrogens with one attached hydrogen (secondary N) is 1. The van der Waals surface area contributed by atoms with Gasteiger partial charge < -0.3 is 5.32 Å². The molecule has 0 amide bonds. The first-order valence-electron chi connectivity index (χ1n) is 7.77. The SMILES string of the molecule is Cc1ncc(CNc2nc(-c3ccccc3)nc3ccccc23)s1. The summed E-state index contributed by atoms with van der Waals surface area (Å²) in [4.78, 5) is 15.0. The summed E-state index contributed by atoms with van der Waals surface area (Å²) < 4.78 is 0. The number of thiazole rings is 1. The van der Waals surface area contributed by atoms with E-state index < -0.39 is 0 Å². The fourth-order valence-electron chi connectivity index (χ4n) is 2.59. The number of aryl methyl sites for hydroxylation is 1. The Hall–Kier alpha value is -2.79. The number of anilines is 1. The molecule has 4 rings (SSSR count). The van der Waals surface area contributed by atoms with Gasteiger partial charge in [-0.15, -0.1) is 11.3 Å². The molecule has 2 heterocycles. The largest absolute Gasteiger partial charge is 0.364 e. The number of para-hydroxylation sites is 1. The van der Waals surface area contributed by atoms with E-state index in [4.69, 9.17) is 9.97 Å². The molecule has 0 spiro atoms. The molecule has 0 aliphatic rings. The number of hydrogen-bond donors (Lipinski definition) is 1. The smallest absolute Gasteiger partial charge is 0.162 e. The second-order valence-corrected chi connectivity index (χ2v) is 6.80. The fraction of sp³-hybridized carbons (Fsp3) is 0.105. The monoisotopic (exact) mass is 332 g/mol. The average Bonchev–Trinajstić information content (AvgIpc) is 3.05. The molecule has 0 atom stereocenters. The van der Waals surface area contributed by atoms with Gasteiger partial charge in [-0.05, 0) is 19.1 Å². The van der Waals surface area contributed by atoms with E-state index in [-0.39, 0.29) is 0 Å². The summed E-state index contributed by atoms with van der Waals surface area (Å²) in [5.41, 5.74) is 1.95. The molecule has 2 aromatic carbocycles. The van der Waals surface area contributed by atoms with Gasteiger partial charge >= 0.3 is 0 Å². The normalized spacial score (nSPS) is 10.9. The first-order chi connectivity index (χ1) is 11.8. The van der Waals surface area contributed by atoms with Crippen LogP contribution in [0.3, 0.4) is 0 Å². The third-order valence-corrected chi connectivity index (χ3v) is 4.65. The minimum atomic E-state index is 0.709. The van der Waals surface area contributed by atoms with Crippen LogP contribution in [0.25, 0.3) is 22.3 Å². The van der Waals surface area contributed by atoms with E-state index in [2.05, 4.69) is 10.3 Å². The molecule has 5 heteroatoms. The highest BCUT2D eigenvalue weighted by molar-refractivity contribution is 7.11. The number of benzene rings is 2. The molecule has 0 fully saturated rings. The Balaban J connectivity index is 1.75. The molecular weight excluding hydrogens is 316 g/mol. The zero-order valence-electron chi connectivity index (χ0n) is 13.2. The van der Waals surface area contributed by atoms with Crippen LogP contribution in [0.2, 0.25) is 0 Å². The highest BCUT2D eigenvalue weighted by Gasteiger charge is 2.09. The van der Waals surface area contributed by atoms with Crippen molar-refractivity contribution >= 4 is 28.1 Å². The second-order valence-electron chi connectivity index (χ2n) is 5.48. The average molecular weight is 332 g/mol. The van der Waals surface area contributed by atoms with Crippen LogP contribution in [0.5, 0.6) is 0 Å². The summed E-state index contributed by atoms with van der Waals surface area (Å²) in [6.45, 7) is 2.72. The molecule has 0 saturated carbocycles. The fourth-order valence-corrected chi connectivity index (χ4v) is 3.32. The maximum atomic E-state index is 4.76. The molecule has 4 aromatic rings. The van der Waals surface area contributed by atoms with Crippen molar-refractivity contribution in [1.82, 2.24) is 15.0 Å². The Morgan fingerprint density at radius 2 is 1.75 bits per heavy atom. The molecule has 0 saturated heterocycles. The van der Waals surface area contributed by atoms with Crippen molar-refractivity contribution in [1.29, 1.82) is 0 Å². The molecule has 0 bridgehead atoms. The van der Waals surface area contributed by atoms with Crippen molar-refractivity contribution in [3.8, 4) is 11.4 Å². The van der Waals surface area contributed by atoms with Crippen molar-refractivity contribution < 1.29 is 0 Å². The van der Waals surface area contributed by atoms with Gasteiger partial charge in [0.15, 0.2) is 5.82 Å². The first kappa shape index (κ1) is 14.8. The lowest BCUT2D eigenvalue weighted by atomic mass is 10.2. The first-order valence-corrected chi connectivity index (χ1v) is 8.58. The highest BCUT2D eigenvalue weighted by atomic mass is 32.1. The summed E-state index contributed by atoms with van der Waals surface area (Å²) in [7, 11) is 0. The third kappa shape index (κ3) is 2.98. The van der Waals surface area contributed by atoms with Crippen LogP contribution in [0.1, 0.15) is 9.88 Å². The lowest BCUT2D eigenvalue weighted by molar-refractivity contribution is 1.12. The summed E-state index contributed by atoms with van der Waals surface area (Å²) in [6, 6.07) is 18.1. The van der Waals surface area contributed by atoms with E-state index in [9.17, 15) is 0 Å². The predicted molar refractivity (Wildman–Crippen MR) is 99.2 cm³/mol. The summed E-state index contributed by atoms with van der Waals surface area (Å²) in [6.07, 6.45) is 1.91. The Labute approximate surface area is 144 Å². The highest BCUT2D eigenvalue weighted by Crippen LogP contribution is 2.25. The summed E-state index contributed by atoms with van der Waals surface area (Å²) in [5.74, 6) is 1.59. The van der Waals surface area contributed by atoms with Crippen molar-refractivity contribution in [2.75, 3.05) is 5.32 Å². The van der Waals surface area contributed by atoms with Gasteiger partial charge in [0.2, 0.25) is 0 Å². The van der Waals surface area contributed by atoms with Crippen LogP contribution in [0.15, 0.2) is 60.8 Å². The van der Waals surface area contributed by atoms with Crippen LogP contribution in [0.4, 0.5) is 5.82 Å². The van der Waals surface area contributed by atoms with E-state index in [0.29, 0.717) is 6.54 Å². The number of rotatable bonds is 4. The van der Waals surface area contributed by atoms with Gasteiger partial charge in [0.05, 0.1) is 17.1 Å². The van der Waals surface area contributed by atoms with Crippen molar-refractivity contribution in [2.45, 2.75) is 13.5 Å². The van der Waals surface area contributed by atoms with Crippen LogP contribution < -0.4 is 5.32 Å². The Morgan fingerprint density at radius 3 is 2.54 bits per heavy atom. The molecule has 0 unspecified atom stereocenters. The van der Waals surface area contributed by atoms with E-state index >= 15 is 0 Å². The molecule has 0 radical (unpaired) electrons. The zero-order valence-corrected chi connectivity index (χ0v) is 14.0. The van der Waals surface area contributed by atoms with Gasteiger partial charge in [0.1, 0.15) is 5.82 Å². The Kier molecular flexibility index (Phi) is 3.92. The molecule has 0 aliphatic heterocycles. The molecule has 24 heavy (non-hydrogen) atoms. The maximum absolute atomic E-state index is 4.76.